The van der Waals surface area contributed by atoms with Crippen molar-refractivity contribution in [3.63, 3.8) is 0 Å². The zero-order valence-corrected chi connectivity index (χ0v) is 14.5. The van der Waals surface area contributed by atoms with Crippen LogP contribution in [0.3, 0.4) is 0 Å². The van der Waals surface area contributed by atoms with Crippen molar-refractivity contribution in [2.24, 2.45) is 0 Å². The molecular formula is C20H21NO4. The minimum Gasteiger partial charge on any atom is -0.444 e. The first kappa shape index (κ1) is 18.4. The summed E-state index contributed by atoms with van der Waals surface area (Å²) in [5, 5.41) is 2.67. The number of ketones is 1. The van der Waals surface area contributed by atoms with E-state index in [0.717, 1.165) is 5.56 Å². The van der Waals surface area contributed by atoms with Crippen LogP contribution in [-0.4, -0.2) is 23.8 Å². The van der Waals surface area contributed by atoms with Gasteiger partial charge in [-0.25, -0.2) is 4.79 Å². The van der Waals surface area contributed by atoms with Crippen LogP contribution in [-0.2, 0) is 11.3 Å². The number of nitrogens with one attached hydrogen (secondary N) is 1. The van der Waals surface area contributed by atoms with Crippen LogP contribution in [0, 0.1) is 0 Å². The fourth-order valence-corrected chi connectivity index (χ4v) is 2.18. The topological polar surface area (TPSA) is 72.5 Å². The molecule has 2 aromatic rings. The molecule has 0 aliphatic rings. The van der Waals surface area contributed by atoms with Crippen molar-refractivity contribution in [2.75, 3.05) is 0 Å². The van der Waals surface area contributed by atoms with E-state index < -0.39 is 11.7 Å². The zero-order chi connectivity index (χ0) is 18.4. The van der Waals surface area contributed by atoms with Crippen molar-refractivity contribution in [3.8, 4) is 0 Å². The van der Waals surface area contributed by atoms with Crippen LogP contribution in [0.4, 0.5) is 4.79 Å². The molecule has 0 saturated carbocycles. The average molecular weight is 339 g/mol. The third kappa shape index (κ3) is 5.57. The molecule has 1 N–H and O–H groups in total. The Labute approximate surface area is 147 Å². The molecule has 130 valence electrons. The molecule has 0 fully saturated rings. The molecule has 0 atom stereocenters. The van der Waals surface area contributed by atoms with Crippen molar-refractivity contribution in [3.05, 3.63) is 70.8 Å². The molecule has 0 aliphatic carbocycles. The van der Waals surface area contributed by atoms with Crippen molar-refractivity contribution in [1.82, 2.24) is 5.32 Å². The van der Waals surface area contributed by atoms with Crippen molar-refractivity contribution < 1.29 is 19.1 Å². The smallest absolute Gasteiger partial charge is 0.407 e. The van der Waals surface area contributed by atoms with Crippen molar-refractivity contribution in [1.29, 1.82) is 0 Å². The first-order valence-corrected chi connectivity index (χ1v) is 7.94. The number of amides is 1. The van der Waals surface area contributed by atoms with Gasteiger partial charge in [0.15, 0.2) is 5.78 Å². The average Bonchev–Trinajstić information content (AvgIpc) is 2.58. The van der Waals surface area contributed by atoms with E-state index in [9.17, 15) is 14.4 Å². The summed E-state index contributed by atoms with van der Waals surface area (Å²) in [6, 6.07) is 13.5. The summed E-state index contributed by atoms with van der Waals surface area (Å²) in [6.45, 7) is 5.70. The Morgan fingerprint density at radius 2 is 1.72 bits per heavy atom. The summed E-state index contributed by atoms with van der Waals surface area (Å²) in [5.41, 5.74) is 1.75. The normalized spacial score (nSPS) is 10.8. The van der Waals surface area contributed by atoms with Crippen molar-refractivity contribution in [2.45, 2.75) is 32.9 Å². The first-order valence-electron chi connectivity index (χ1n) is 7.94. The van der Waals surface area contributed by atoms with Gasteiger partial charge in [0.05, 0.1) is 0 Å². The Kier molecular flexibility index (Phi) is 5.70. The van der Waals surface area contributed by atoms with E-state index in [4.69, 9.17) is 4.74 Å². The molecule has 0 saturated heterocycles. The lowest BCUT2D eigenvalue weighted by atomic mass is 10.0. The van der Waals surface area contributed by atoms with Gasteiger partial charge in [0.2, 0.25) is 0 Å². The molecule has 1 amide bonds. The number of ether oxygens (including phenoxy) is 1. The van der Waals surface area contributed by atoms with E-state index in [-0.39, 0.29) is 5.78 Å². The van der Waals surface area contributed by atoms with Crippen LogP contribution in [0.25, 0.3) is 0 Å². The van der Waals surface area contributed by atoms with E-state index in [0.29, 0.717) is 29.5 Å². The summed E-state index contributed by atoms with van der Waals surface area (Å²) in [7, 11) is 0. The van der Waals surface area contributed by atoms with Crippen LogP contribution in [0.1, 0.15) is 52.6 Å². The van der Waals surface area contributed by atoms with E-state index in [1.807, 2.05) is 0 Å². The SMILES string of the molecule is CC(C)(C)OC(=O)NCc1ccc(C(=O)c2cccc(C=O)c2)cc1. The Balaban J connectivity index is 2.00. The number of benzene rings is 2. The van der Waals surface area contributed by atoms with Crippen LogP contribution in [0.5, 0.6) is 0 Å². The number of carbonyl (C=O) groups is 3. The number of rotatable bonds is 5. The molecule has 5 nitrogen and oxygen atoms in total. The molecule has 2 rings (SSSR count). The molecule has 5 heteroatoms. The molecule has 2 aromatic carbocycles. The van der Waals surface area contributed by atoms with Crippen LogP contribution in [0.2, 0.25) is 0 Å². The van der Waals surface area contributed by atoms with Crippen LogP contribution >= 0.6 is 0 Å². The van der Waals surface area contributed by atoms with E-state index >= 15 is 0 Å². The predicted molar refractivity (Wildman–Crippen MR) is 94.8 cm³/mol. The largest absolute Gasteiger partial charge is 0.444 e. The molecule has 0 heterocycles. The fourth-order valence-electron chi connectivity index (χ4n) is 2.18. The van der Waals surface area contributed by atoms with Gasteiger partial charge in [0, 0.05) is 23.2 Å². The minimum atomic E-state index is -0.545. The van der Waals surface area contributed by atoms with Crippen molar-refractivity contribution >= 4 is 18.2 Å². The number of carbonyl (C=O) groups excluding carboxylic acids is 3. The summed E-state index contributed by atoms with van der Waals surface area (Å²) in [5.74, 6) is -0.157. The maximum Gasteiger partial charge on any atom is 0.407 e. The zero-order valence-electron chi connectivity index (χ0n) is 14.5. The van der Waals surface area contributed by atoms with Gasteiger partial charge in [-0.2, -0.15) is 0 Å². The Morgan fingerprint density at radius 3 is 2.32 bits per heavy atom. The highest BCUT2D eigenvalue weighted by Crippen LogP contribution is 2.13. The summed E-state index contributed by atoms with van der Waals surface area (Å²) < 4.78 is 5.17. The van der Waals surface area contributed by atoms with Gasteiger partial charge in [0.25, 0.3) is 0 Å². The lowest BCUT2D eigenvalue weighted by Crippen LogP contribution is -2.32. The van der Waals surface area contributed by atoms with Gasteiger partial charge in [0.1, 0.15) is 11.9 Å². The Hall–Kier alpha value is -2.95. The summed E-state index contributed by atoms with van der Waals surface area (Å²) in [6.07, 6.45) is 0.223. The Bertz CT molecular complexity index is 773. The van der Waals surface area contributed by atoms with Crippen LogP contribution in [0.15, 0.2) is 48.5 Å². The predicted octanol–water partition coefficient (Wildman–Crippen LogP) is 3.75. The number of aldehydes is 1. The molecule has 25 heavy (non-hydrogen) atoms. The summed E-state index contributed by atoms with van der Waals surface area (Å²) >= 11 is 0. The quantitative estimate of drug-likeness (QED) is 0.665. The minimum absolute atomic E-state index is 0.157. The van der Waals surface area contributed by atoms with Gasteiger partial charge < -0.3 is 10.1 Å². The molecular weight excluding hydrogens is 318 g/mol. The molecule has 0 spiro atoms. The maximum absolute atomic E-state index is 12.4. The fraction of sp³-hybridized carbons (Fsp3) is 0.250. The monoisotopic (exact) mass is 339 g/mol. The number of alkyl carbamates (subject to hydrolysis) is 1. The first-order chi connectivity index (χ1) is 11.8. The molecule has 0 unspecified atom stereocenters. The molecule has 0 aliphatic heterocycles. The highest BCUT2D eigenvalue weighted by atomic mass is 16.6. The van der Waals surface area contributed by atoms with Gasteiger partial charge >= 0.3 is 6.09 Å². The van der Waals surface area contributed by atoms with Gasteiger partial charge in [-0.05, 0) is 32.4 Å². The van der Waals surface area contributed by atoms with Crippen LogP contribution < -0.4 is 5.32 Å². The lowest BCUT2D eigenvalue weighted by molar-refractivity contribution is 0.0523. The molecule has 0 bridgehead atoms. The van der Waals surface area contributed by atoms with E-state index in [1.165, 1.54) is 0 Å². The Morgan fingerprint density at radius 1 is 1.04 bits per heavy atom. The van der Waals surface area contributed by atoms with Gasteiger partial charge in [-0.15, -0.1) is 0 Å². The number of hydrogen-bond donors (Lipinski definition) is 1. The number of hydrogen-bond acceptors (Lipinski definition) is 4. The van der Waals surface area contributed by atoms with Gasteiger partial charge in [-0.1, -0.05) is 42.5 Å². The third-order valence-corrected chi connectivity index (χ3v) is 3.34. The third-order valence-electron chi connectivity index (χ3n) is 3.34. The second kappa shape index (κ2) is 7.75. The van der Waals surface area contributed by atoms with E-state index in [1.54, 1.807) is 69.3 Å². The maximum atomic E-state index is 12.4. The lowest BCUT2D eigenvalue weighted by Gasteiger charge is -2.19. The summed E-state index contributed by atoms with van der Waals surface area (Å²) in [4.78, 5) is 34.9. The standard InChI is InChI=1S/C20H21NO4/c1-20(2,3)25-19(24)21-12-14-7-9-16(10-8-14)18(23)17-6-4-5-15(11-17)13-22/h4-11,13H,12H2,1-3H3,(H,21,24). The molecule has 0 radical (unpaired) electrons. The van der Waals surface area contributed by atoms with Gasteiger partial charge in [-0.3, -0.25) is 9.59 Å². The second-order valence-corrected chi connectivity index (χ2v) is 6.62. The second-order valence-electron chi connectivity index (χ2n) is 6.62. The van der Waals surface area contributed by atoms with E-state index in [2.05, 4.69) is 5.32 Å². The molecule has 0 aromatic heterocycles. The highest BCUT2D eigenvalue weighted by molar-refractivity contribution is 6.09. The highest BCUT2D eigenvalue weighted by Gasteiger charge is 2.15.